The Morgan fingerprint density at radius 2 is 1.61 bits per heavy atom. The van der Waals surface area contributed by atoms with Crippen molar-refractivity contribution >= 4 is 17.7 Å². The van der Waals surface area contributed by atoms with Gasteiger partial charge in [0.25, 0.3) is 0 Å². The van der Waals surface area contributed by atoms with Gasteiger partial charge in [0.2, 0.25) is 5.91 Å². The van der Waals surface area contributed by atoms with Gasteiger partial charge in [0.05, 0.1) is 6.54 Å². The lowest BCUT2D eigenvalue weighted by molar-refractivity contribution is -0.117. The number of hydrogen-bond donors (Lipinski definition) is 1. The first-order valence-electron chi connectivity index (χ1n) is 16.6. The number of nitrogens with one attached hydrogen (secondary N) is 1. The van der Waals surface area contributed by atoms with Gasteiger partial charge in [0, 0.05) is 23.8 Å². The van der Waals surface area contributed by atoms with Crippen LogP contribution in [0.25, 0.3) is 6.08 Å². The molecule has 0 heterocycles. The molecule has 3 heteroatoms. The van der Waals surface area contributed by atoms with E-state index in [0.29, 0.717) is 12.5 Å². The average molecular weight is 595 g/mol. The number of carbonyl (C=O) groups excluding carboxylic acids is 1. The summed E-state index contributed by atoms with van der Waals surface area (Å²) in [6, 6.07) is 27.0. The van der Waals surface area contributed by atoms with Crippen LogP contribution >= 0.6 is 0 Å². The third-order valence-corrected chi connectivity index (χ3v) is 7.34. The highest BCUT2D eigenvalue weighted by Gasteiger charge is 2.14. The molecule has 2 atom stereocenters. The number of allylic oxidation sites excluding steroid dienone is 3. The molecule has 1 aliphatic rings. The average Bonchev–Trinajstić information content (AvgIpc) is 3.07. The van der Waals surface area contributed by atoms with Gasteiger partial charge in [-0.25, -0.2) is 0 Å². The summed E-state index contributed by atoms with van der Waals surface area (Å²) in [7, 11) is 0. The normalized spacial score (nSPS) is 14.7. The monoisotopic (exact) mass is 594 g/mol. The molecular formula is C41H58N2O. The minimum Gasteiger partial charge on any atom is -0.366 e. The van der Waals surface area contributed by atoms with Crippen molar-refractivity contribution in [1.29, 1.82) is 0 Å². The van der Waals surface area contributed by atoms with Crippen LogP contribution < -0.4 is 5.32 Å². The van der Waals surface area contributed by atoms with E-state index in [0.717, 1.165) is 48.7 Å². The third kappa shape index (κ3) is 14.6. The fourth-order valence-corrected chi connectivity index (χ4v) is 4.88. The maximum atomic E-state index is 12.5. The summed E-state index contributed by atoms with van der Waals surface area (Å²) in [5.74, 6) is 1.41. The molecule has 1 aliphatic carbocycles. The molecule has 2 unspecified atom stereocenters. The van der Waals surface area contributed by atoms with Gasteiger partial charge in [-0.1, -0.05) is 145 Å². The summed E-state index contributed by atoms with van der Waals surface area (Å²) in [5.41, 5.74) is 6.89. The van der Waals surface area contributed by atoms with Gasteiger partial charge in [0.15, 0.2) is 0 Å². The first-order chi connectivity index (χ1) is 21.4. The van der Waals surface area contributed by atoms with Crippen LogP contribution in [0, 0.1) is 12.8 Å². The number of benzene rings is 3. The highest BCUT2D eigenvalue weighted by molar-refractivity contribution is 5.92. The number of anilines is 1. The van der Waals surface area contributed by atoms with Crippen molar-refractivity contribution in [1.82, 2.24) is 4.90 Å². The van der Waals surface area contributed by atoms with E-state index in [1.54, 1.807) is 6.08 Å². The van der Waals surface area contributed by atoms with Gasteiger partial charge in [-0.3, -0.25) is 4.79 Å². The number of carbonyl (C=O) groups is 1. The zero-order valence-electron chi connectivity index (χ0n) is 28.6. The second-order valence-corrected chi connectivity index (χ2v) is 10.8. The first-order valence-corrected chi connectivity index (χ1v) is 16.6. The Bertz CT molecular complexity index is 1240. The standard InChI is InChI=1S/C23H28N2O.C14H18.2C2H6/c1-4-16-25(19(3)14-15-21-10-7-6-8-11-21)18-23(26)24-22-13-9-12-20(5-2)17-22;1-11-3-7-13(8-4-11)14-9-5-12(2)6-10-14;2*1-2/h5-13,17H,2-4,14-16,18H2,1H3,(H,24,26);3-5,7-9,12,14H,6,10H2,1-2H3;2*1-2H3. The highest BCUT2D eigenvalue weighted by Crippen LogP contribution is 2.30. The van der Waals surface area contributed by atoms with Crippen molar-refractivity contribution in [2.45, 2.75) is 86.5 Å². The van der Waals surface area contributed by atoms with Crippen LogP contribution in [0.15, 0.2) is 110 Å². The van der Waals surface area contributed by atoms with Gasteiger partial charge in [-0.05, 0) is 73.8 Å². The third-order valence-electron chi connectivity index (χ3n) is 7.34. The van der Waals surface area contributed by atoms with Crippen molar-refractivity contribution in [2.75, 3.05) is 18.4 Å². The van der Waals surface area contributed by atoms with E-state index in [4.69, 9.17) is 0 Å². The molecule has 238 valence electrons. The molecule has 0 aliphatic heterocycles. The minimum atomic E-state index is -0.0273. The molecule has 1 amide bonds. The van der Waals surface area contributed by atoms with Crippen LogP contribution in [0.5, 0.6) is 0 Å². The van der Waals surface area contributed by atoms with E-state index in [1.807, 2.05) is 70.2 Å². The summed E-state index contributed by atoms with van der Waals surface area (Å²) in [6.45, 7) is 23.7. The van der Waals surface area contributed by atoms with Crippen LogP contribution in [-0.2, 0) is 11.2 Å². The molecule has 4 rings (SSSR count). The predicted octanol–water partition coefficient (Wildman–Crippen LogP) is 11.2. The quantitative estimate of drug-likeness (QED) is 0.224. The Morgan fingerprint density at radius 3 is 2.20 bits per heavy atom. The highest BCUT2D eigenvalue weighted by atomic mass is 16.2. The van der Waals surface area contributed by atoms with Crippen LogP contribution in [0.4, 0.5) is 5.69 Å². The van der Waals surface area contributed by atoms with Crippen LogP contribution in [0.2, 0.25) is 0 Å². The topological polar surface area (TPSA) is 32.3 Å². The molecule has 0 fully saturated rings. The molecule has 0 spiro atoms. The van der Waals surface area contributed by atoms with Crippen molar-refractivity contribution in [2.24, 2.45) is 5.92 Å². The molecule has 3 aromatic carbocycles. The number of rotatable bonds is 11. The lowest BCUT2D eigenvalue weighted by Gasteiger charge is -2.26. The largest absolute Gasteiger partial charge is 0.366 e. The van der Waals surface area contributed by atoms with Crippen molar-refractivity contribution in [3.63, 3.8) is 0 Å². The van der Waals surface area contributed by atoms with E-state index in [-0.39, 0.29) is 5.91 Å². The number of amides is 1. The number of nitrogens with zero attached hydrogens (tertiary/aromatic N) is 1. The van der Waals surface area contributed by atoms with Crippen molar-refractivity contribution in [3.8, 4) is 0 Å². The molecule has 0 saturated heterocycles. The zero-order chi connectivity index (χ0) is 32.7. The van der Waals surface area contributed by atoms with E-state index in [1.165, 1.54) is 29.5 Å². The summed E-state index contributed by atoms with van der Waals surface area (Å²) in [4.78, 5) is 14.5. The Labute approximate surface area is 269 Å². The Kier molecular flexibility index (Phi) is 19.7. The molecule has 44 heavy (non-hydrogen) atoms. The second-order valence-electron chi connectivity index (χ2n) is 10.8. The van der Waals surface area contributed by atoms with Gasteiger partial charge in [-0.15, -0.1) is 0 Å². The van der Waals surface area contributed by atoms with Gasteiger partial charge in [0.1, 0.15) is 0 Å². The molecule has 0 radical (unpaired) electrons. The molecule has 3 nitrogen and oxygen atoms in total. The Morgan fingerprint density at radius 1 is 0.932 bits per heavy atom. The fourth-order valence-electron chi connectivity index (χ4n) is 4.88. The Hall–Kier alpha value is -3.85. The molecule has 0 saturated carbocycles. The molecular weight excluding hydrogens is 536 g/mol. The van der Waals surface area contributed by atoms with E-state index >= 15 is 0 Å². The lowest BCUT2D eigenvalue weighted by atomic mass is 9.85. The zero-order valence-corrected chi connectivity index (χ0v) is 28.6. The molecule has 3 aromatic rings. The van der Waals surface area contributed by atoms with Gasteiger partial charge < -0.3 is 10.2 Å². The van der Waals surface area contributed by atoms with E-state index < -0.39 is 0 Å². The maximum Gasteiger partial charge on any atom is 0.243 e. The van der Waals surface area contributed by atoms with Gasteiger partial charge >= 0.3 is 0 Å². The predicted molar refractivity (Wildman–Crippen MR) is 195 cm³/mol. The Balaban J connectivity index is 0.000000450. The SMILES string of the molecule is C=Cc1cccc(NC(=O)CN(CCC)C(=C)CCc2ccccc2)c1.CC.CC.Cc1ccc(C2C=CC(C)CC2)cc1. The van der Waals surface area contributed by atoms with Crippen LogP contribution in [0.1, 0.15) is 95.4 Å². The summed E-state index contributed by atoms with van der Waals surface area (Å²) in [5, 5.41) is 2.96. The number of aryl methyl sites for hydroxylation is 2. The summed E-state index contributed by atoms with van der Waals surface area (Å²) >= 11 is 0. The molecule has 0 bridgehead atoms. The lowest BCUT2D eigenvalue weighted by Crippen LogP contribution is -2.33. The van der Waals surface area contributed by atoms with E-state index in [9.17, 15) is 4.79 Å². The van der Waals surface area contributed by atoms with Gasteiger partial charge in [-0.2, -0.15) is 0 Å². The summed E-state index contributed by atoms with van der Waals surface area (Å²) < 4.78 is 0. The molecule has 0 aromatic heterocycles. The van der Waals surface area contributed by atoms with Crippen LogP contribution in [0.3, 0.4) is 0 Å². The fraction of sp³-hybridized carbons (Fsp3) is 0.390. The molecule has 1 N–H and O–H groups in total. The second kappa shape index (κ2) is 22.7. The smallest absolute Gasteiger partial charge is 0.243 e. The maximum absolute atomic E-state index is 12.5. The number of hydrogen-bond acceptors (Lipinski definition) is 2. The minimum absolute atomic E-state index is 0.0273. The van der Waals surface area contributed by atoms with E-state index in [2.05, 4.69) is 92.7 Å². The van der Waals surface area contributed by atoms with Crippen molar-refractivity contribution < 1.29 is 4.79 Å². The summed E-state index contributed by atoms with van der Waals surface area (Å²) in [6.07, 6.45) is 11.9. The van der Waals surface area contributed by atoms with Crippen molar-refractivity contribution in [3.05, 3.63) is 132 Å². The first kappa shape index (κ1) is 38.2. The van der Waals surface area contributed by atoms with Crippen LogP contribution in [-0.4, -0.2) is 23.9 Å².